The van der Waals surface area contributed by atoms with Gasteiger partial charge in [-0.05, 0) is 58.0 Å². The standard InChI is InChI=1S/C20H14O2/c1-3-15-9-13-5-6-14-10-16-4-2-8-22-20(16)12-18(14)17(13)11-19(15)21-7-1/h1-6,9-12H,7-8H2. The molecule has 2 heteroatoms. The quantitative estimate of drug-likeness (QED) is 0.552. The molecule has 0 saturated carbocycles. The Kier molecular flexibility index (Phi) is 2.36. The molecule has 5 rings (SSSR count). The molecule has 2 aliphatic heterocycles. The second-order valence-electron chi connectivity index (χ2n) is 5.71. The van der Waals surface area contributed by atoms with Crippen molar-refractivity contribution in [1.29, 1.82) is 0 Å². The minimum atomic E-state index is 0.645. The molecule has 3 aromatic rings. The van der Waals surface area contributed by atoms with Gasteiger partial charge in [-0.3, -0.25) is 0 Å². The summed E-state index contributed by atoms with van der Waals surface area (Å²) >= 11 is 0. The topological polar surface area (TPSA) is 18.5 Å². The van der Waals surface area contributed by atoms with E-state index in [4.69, 9.17) is 9.47 Å². The molecule has 0 atom stereocenters. The summed E-state index contributed by atoms with van der Waals surface area (Å²) < 4.78 is 11.5. The molecular weight excluding hydrogens is 272 g/mol. The van der Waals surface area contributed by atoms with Crippen LogP contribution in [0.25, 0.3) is 33.7 Å². The van der Waals surface area contributed by atoms with Crippen molar-refractivity contribution in [2.24, 2.45) is 0 Å². The van der Waals surface area contributed by atoms with E-state index in [1.54, 1.807) is 0 Å². The second-order valence-corrected chi connectivity index (χ2v) is 5.71. The Hall–Kier alpha value is -2.74. The van der Waals surface area contributed by atoms with Crippen LogP contribution in [-0.2, 0) is 0 Å². The van der Waals surface area contributed by atoms with Crippen LogP contribution in [0.15, 0.2) is 48.6 Å². The Labute approximate surface area is 128 Å². The van der Waals surface area contributed by atoms with Gasteiger partial charge in [0.25, 0.3) is 0 Å². The highest BCUT2D eigenvalue weighted by molar-refractivity contribution is 6.09. The number of hydrogen-bond donors (Lipinski definition) is 0. The third kappa shape index (κ3) is 1.67. The monoisotopic (exact) mass is 286 g/mol. The van der Waals surface area contributed by atoms with E-state index in [9.17, 15) is 0 Å². The highest BCUT2D eigenvalue weighted by Gasteiger charge is 2.12. The number of ether oxygens (including phenoxy) is 2. The van der Waals surface area contributed by atoms with Crippen molar-refractivity contribution in [1.82, 2.24) is 0 Å². The molecule has 106 valence electrons. The molecule has 0 unspecified atom stereocenters. The lowest BCUT2D eigenvalue weighted by Gasteiger charge is -2.17. The normalized spacial score (nSPS) is 15.3. The van der Waals surface area contributed by atoms with Crippen LogP contribution in [0.2, 0.25) is 0 Å². The largest absolute Gasteiger partial charge is 0.489 e. The zero-order valence-corrected chi connectivity index (χ0v) is 12.0. The Morgan fingerprint density at radius 3 is 1.64 bits per heavy atom. The SMILES string of the molecule is C1=Cc2cc3ccc4cc5c(cc4c3cc2OC1)OCC=C5. The van der Waals surface area contributed by atoms with E-state index in [0.717, 1.165) is 22.6 Å². The summed E-state index contributed by atoms with van der Waals surface area (Å²) in [6.45, 7) is 1.29. The van der Waals surface area contributed by atoms with Gasteiger partial charge in [0.05, 0.1) is 0 Å². The van der Waals surface area contributed by atoms with Crippen molar-refractivity contribution >= 4 is 33.7 Å². The fraction of sp³-hybridized carbons (Fsp3) is 0.100. The van der Waals surface area contributed by atoms with Gasteiger partial charge in [0.15, 0.2) is 0 Å². The van der Waals surface area contributed by atoms with Gasteiger partial charge in [-0.15, -0.1) is 0 Å². The molecule has 0 aliphatic carbocycles. The van der Waals surface area contributed by atoms with Gasteiger partial charge < -0.3 is 9.47 Å². The minimum absolute atomic E-state index is 0.645. The minimum Gasteiger partial charge on any atom is -0.489 e. The average molecular weight is 286 g/mol. The Morgan fingerprint density at radius 2 is 1.14 bits per heavy atom. The molecule has 2 nitrogen and oxygen atoms in total. The zero-order chi connectivity index (χ0) is 14.5. The molecular formula is C20H14O2. The Balaban J connectivity index is 1.87. The third-order valence-corrected chi connectivity index (χ3v) is 4.36. The first-order valence-electron chi connectivity index (χ1n) is 7.52. The van der Waals surface area contributed by atoms with Crippen molar-refractivity contribution in [2.45, 2.75) is 0 Å². The fourth-order valence-corrected chi connectivity index (χ4v) is 3.29. The van der Waals surface area contributed by atoms with Crippen molar-refractivity contribution in [3.05, 3.63) is 59.7 Å². The van der Waals surface area contributed by atoms with E-state index in [1.807, 2.05) is 12.2 Å². The lowest BCUT2D eigenvalue weighted by molar-refractivity contribution is 0.358. The summed E-state index contributed by atoms with van der Waals surface area (Å²) in [4.78, 5) is 0. The predicted octanol–water partition coefficient (Wildman–Crippen LogP) is 4.80. The van der Waals surface area contributed by atoms with E-state index in [2.05, 4.69) is 48.6 Å². The molecule has 0 bridgehead atoms. The molecule has 0 N–H and O–H groups in total. The summed E-state index contributed by atoms with van der Waals surface area (Å²) in [6, 6.07) is 13.1. The van der Waals surface area contributed by atoms with Crippen molar-refractivity contribution in [3.8, 4) is 11.5 Å². The van der Waals surface area contributed by atoms with Gasteiger partial charge in [-0.1, -0.05) is 24.3 Å². The van der Waals surface area contributed by atoms with Crippen LogP contribution >= 0.6 is 0 Å². The van der Waals surface area contributed by atoms with Gasteiger partial charge in [0, 0.05) is 11.1 Å². The number of hydrogen-bond acceptors (Lipinski definition) is 2. The molecule has 0 saturated heterocycles. The number of benzene rings is 3. The molecule has 0 fully saturated rings. The molecule has 2 aliphatic rings. The first-order valence-corrected chi connectivity index (χ1v) is 7.52. The van der Waals surface area contributed by atoms with Crippen LogP contribution in [0.4, 0.5) is 0 Å². The van der Waals surface area contributed by atoms with E-state index >= 15 is 0 Å². The van der Waals surface area contributed by atoms with Crippen molar-refractivity contribution < 1.29 is 9.47 Å². The van der Waals surface area contributed by atoms with Gasteiger partial charge in [0.1, 0.15) is 24.7 Å². The Morgan fingerprint density at radius 1 is 0.636 bits per heavy atom. The third-order valence-electron chi connectivity index (χ3n) is 4.36. The Bertz CT molecular complexity index is 899. The highest BCUT2D eigenvalue weighted by atomic mass is 16.5. The maximum atomic E-state index is 5.76. The van der Waals surface area contributed by atoms with Crippen molar-refractivity contribution in [2.75, 3.05) is 13.2 Å². The van der Waals surface area contributed by atoms with Crippen LogP contribution in [0.5, 0.6) is 11.5 Å². The zero-order valence-electron chi connectivity index (χ0n) is 12.0. The van der Waals surface area contributed by atoms with Crippen LogP contribution < -0.4 is 9.47 Å². The summed E-state index contributed by atoms with van der Waals surface area (Å²) in [5.74, 6) is 1.92. The molecule has 2 heterocycles. The summed E-state index contributed by atoms with van der Waals surface area (Å²) in [5.41, 5.74) is 2.30. The van der Waals surface area contributed by atoms with E-state index in [1.165, 1.54) is 21.5 Å². The van der Waals surface area contributed by atoms with Gasteiger partial charge in [0.2, 0.25) is 0 Å². The van der Waals surface area contributed by atoms with E-state index in [-0.39, 0.29) is 0 Å². The number of fused-ring (bicyclic) bond motifs is 5. The summed E-state index contributed by atoms with van der Waals surface area (Å²) in [6.07, 6.45) is 8.35. The van der Waals surface area contributed by atoms with Crippen molar-refractivity contribution in [3.63, 3.8) is 0 Å². The van der Waals surface area contributed by atoms with Gasteiger partial charge in [-0.2, -0.15) is 0 Å². The molecule has 0 aromatic heterocycles. The molecule has 0 radical (unpaired) electrons. The fourth-order valence-electron chi connectivity index (χ4n) is 3.29. The molecule has 22 heavy (non-hydrogen) atoms. The van der Waals surface area contributed by atoms with Crippen LogP contribution in [0, 0.1) is 0 Å². The molecule has 0 spiro atoms. The lowest BCUT2D eigenvalue weighted by atomic mass is 9.96. The second kappa shape index (κ2) is 4.38. The van der Waals surface area contributed by atoms with E-state index < -0.39 is 0 Å². The molecule has 0 amide bonds. The van der Waals surface area contributed by atoms with Crippen LogP contribution in [-0.4, -0.2) is 13.2 Å². The van der Waals surface area contributed by atoms with E-state index in [0.29, 0.717) is 13.2 Å². The summed E-state index contributed by atoms with van der Waals surface area (Å²) in [5, 5.41) is 4.89. The average Bonchev–Trinajstić information content (AvgIpc) is 2.58. The predicted molar refractivity (Wildman–Crippen MR) is 90.5 cm³/mol. The number of rotatable bonds is 0. The highest BCUT2D eigenvalue weighted by Crippen LogP contribution is 2.37. The van der Waals surface area contributed by atoms with Crippen LogP contribution in [0.3, 0.4) is 0 Å². The maximum absolute atomic E-state index is 5.76. The summed E-state index contributed by atoms with van der Waals surface area (Å²) in [7, 11) is 0. The first kappa shape index (κ1) is 11.9. The first-order chi connectivity index (χ1) is 10.9. The lowest BCUT2D eigenvalue weighted by Crippen LogP contribution is -2.01. The molecule has 3 aromatic carbocycles. The van der Waals surface area contributed by atoms with Gasteiger partial charge >= 0.3 is 0 Å². The van der Waals surface area contributed by atoms with Gasteiger partial charge in [-0.25, -0.2) is 0 Å². The smallest absolute Gasteiger partial charge is 0.127 e. The maximum Gasteiger partial charge on any atom is 0.127 e. The van der Waals surface area contributed by atoms with Crippen LogP contribution in [0.1, 0.15) is 11.1 Å².